The molecule has 16 heavy (non-hydrogen) atoms. The van der Waals surface area contributed by atoms with Gasteiger partial charge in [0.15, 0.2) is 0 Å². The number of hydrogen-bond acceptors (Lipinski definition) is 2. The van der Waals surface area contributed by atoms with Crippen LogP contribution in [0.2, 0.25) is 0 Å². The average molecular weight is 226 g/mol. The minimum atomic E-state index is 0.661. The molecule has 0 aromatic carbocycles. The first-order valence-corrected chi connectivity index (χ1v) is 7.10. The summed E-state index contributed by atoms with van der Waals surface area (Å²) in [6, 6.07) is 0.747. The number of nitrogens with one attached hydrogen (secondary N) is 1. The summed E-state index contributed by atoms with van der Waals surface area (Å²) in [5.74, 6) is 0. The Kier molecular flexibility index (Phi) is 5.77. The van der Waals surface area contributed by atoms with Crippen LogP contribution in [0.25, 0.3) is 0 Å². The number of nitrogens with zero attached hydrogens (tertiary/aromatic N) is 1. The average Bonchev–Trinajstić information content (AvgIpc) is 2.36. The summed E-state index contributed by atoms with van der Waals surface area (Å²) < 4.78 is 0. The maximum absolute atomic E-state index is 3.32. The zero-order valence-electron chi connectivity index (χ0n) is 11.7. The van der Waals surface area contributed by atoms with Gasteiger partial charge < -0.3 is 5.32 Å². The van der Waals surface area contributed by atoms with Crippen molar-refractivity contribution in [2.75, 3.05) is 26.7 Å². The van der Waals surface area contributed by atoms with Crippen molar-refractivity contribution in [3.05, 3.63) is 0 Å². The Morgan fingerprint density at radius 2 is 1.69 bits per heavy atom. The van der Waals surface area contributed by atoms with Gasteiger partial charge in [-0.1, -0.05) is 33.6 Å². The standard InChI is InChI=1S/C14H30N2/c1-5-13(12-15-4)16-10-8-14(6-2,7-3)9-11-16/h13,15H,5-12H2,1-4H3. The van der Waals surface area contributed by atoms with Gasteiger partial charge in [0.1, 0.15) is 0 Å². The van der Waals surface area contributed by atoms with Gasteiger partial charge in [0, 0.05) is 12.6 Å². The fourth-order valence-electron chi connectivity index (χ4n) is 3.09. The highest BCUT2D eigenvalue weighted by molar-refractivity contribution is 4.86. The number of piperidine rings is 1. The van der Waals surface area contributed by atoms with Crippen LogP contribution in [-0.4, -0.2) is 37.6 Å². The second-order valence-corrected chi connectivity index (χ2v) is 5.36. The molecule has 1 heterocycles. The molecule has 96 valence electrons. The van der Waals surface area contributed by atoms with E-state index in [4.69, 9.17) is 0 Å². The molecule has 1 atom stereocenters. The van der Waals surface area contributed by atoms with Crippen LogP contribution in [0.1, 0.15) is 52.9 Å². The lowest BCUT2D eigenvalue weighted by Gasteiger charge is -2.44. The molecule has 1 saturated heterocycles. The molecular weight excluding hydrogens is 196 g/mol. The van der Waals surface area contributed by atoms with Crippen molar-refractivity contribution in [1.82, 2.24) is 10.2 Å². The fraction of sp³-hybridized carbons (Fsp3) is 1.00. The van der Waals surface area contributed by atoms with Gasteiger partial charge in [-0.2, -0.15) is 0 Å². The lowest BCUT2D eigenvalue weighted by molar-refractivity contribution is 0.0649. The molecule has 0 saturated carbocycles. The number of likely N-dealkylation sites (N-methyl/N-ethyl adjacent to an activating group) is 1. The van der Waals surface area contributed by atoms with Gasteiger partial charge in [0.2, 0.25) is 0 Å². The van der Waals surface area contributed by atoms with Crippen LogP contribution < -0.4 is 5.32 Å². The molecule has 1 rings (SSSR count). The van der Waals surface area contributed by atoms with Crippen molar-refractivity contribution in [2.45, 2.75) is 58.9 Å². The molecule has 1 aliphatic rings. The molecule has 0 aromatic rings. The van der Waals surface area contributed by atoms with E-state index in [2.05, 4.69) is 38.0 Å². The van der Waals surface area contributed by atoms with Gasteiger partial charge in [-0.3, -0.25) is 4.90 Å². The molecule has 1 unspecified atom stereocenters. The lowest BCUT2D eigenvalue weighted by Crippen LogP contribution is -2.48. The fourth-order valence-corrected chi connectivity index (χ4v) is 3.09. The topological polar surface area (TPSA) is 15.3 Å². The van der Waals surface area contributed by atoms with Gasteiger partial charge in [0.25, 0.3) is 0 Å². The molecular formula is C14H30N2. The summed E-state index contributed by atoms with van der Waals surface area (Å²) in [5, 5.41) is 3.32. The highest BCUT2D eigenvalue weighted by atomic mass is 15.2. The molecule has 1 aliphatic heterocycles. The van der Waals surface area contributed by atoms with E-state index in [1.807, 2.05) is 0 Å². The van der Waals surface area contributed by atoms with Crippen molar-refractivity contribution < 1.29 is 0 Å². The quantitative estimate of drug-likeness (QED) is 0.749. The molecule has 1 N–H and O–H groups in total. The Morgan fingerprint density at radius 3 is 2.06 bits per heavy atom. The van der Waals surface area contributed by atoms with Crippen LogP contribution in [0.4, 0.5) is 0 Å². The summed E-state index contributed by atoms with van der Waals surface area (Å²) in [6.45, 7) is 10.8. The summed E-state index contributed by atoms with van der Waals surface area (Å²) in [6.07, 6.45) is 6.80. The molecule has 0 bridgehead atoms. The van der Waals surface area contributed by atoms with E-state index >= 15 is 0 Å². The van der Waals surface area contributed by atoms with Crippen LogP contribution in [-0.2, 0) is 0 Å². The minimum absolute atomic E-state index is 0.661. The normalized spacial score (nSPS) is 23.2. The van der Waals surface area contributed by atoms with E-state index in [0.29, 0.717) is 5.41 Å². The van der Waals surface area contributed by atoms with Gasteiger partial charge >= 0.3 is 0 Å². The molecule has 0 amide bonds. The smallest absolute Gasteiger partial charge is 0.0217 e. The Hall–Kier alpha value is -0.0800. The van der Waals surface area contributed by atoms with Crippen molar-refractivity contribution in [3.8, 4) is 0 Å². The third-order valence-corrected chi connectivity index (χ3v) is 4.79. The first-order valence-electron chi connectivity index (χ1n) is 7.10. The molecule has 2 nitrogen and oxygen atoms in total. The Bertz CT molecular complexity index is 177. The molecule has 1 fully saturated rings. The second-order valence-electron chi connectivity index (χ2n) is 5.36. The largest absolute Gasteiger partial charge is 0.318 e. The third-order valence-electron chi connectivity index (χ3n) is 4.79. The molecule has 0 spiro atoms. The minimum Gasteiger partial charge on any atom is -0.318 e. The number of rotatable bonds is 6. The number of likely N-dealkylation sites (tertiary alicyclic amines) is 1. The zero-order chi connectivity index (χ0) is 12.0. The van der Waals surface area contributed by atoms with E-state index in [1.165, 1.54) is 45.2 Å². The van der Waals surface area contributed by atoms with Crippen LogP contribution in [0.5, 0.6) is 0 Å². The van der Waals surface area contributed by atoms with Crippen LogP contribution in [0.3, 0.4) is 0 Å². The second kappa shape index (κ2) is 6.61. The summed E-state index contributed by atoms with van der Waals surface area (Å²) in [4.78, 5) is 2.69. The first kappa shape index (κ1) is 14.0. The highest BCUT2D eigenvalue weighted by Gasteiger charge is 2.32. The molecule has 0 aliphatic carbocycles. The van der Waals surface area contributed by atoms with Crippen molar-refractivity contribution >= 4 is 0 Å². The summed E-state index contributed by atoms with van der Waals surface area (Å²) >= 11 is 0. The Labute approximate surface area is 102 Å². The first-order chi connectivity index (χ1) is 7.71. The van der Waals surface area contributed by atoms with Crippen molar-refractivity contribution in [3.63, 3.8) is 0 Å². The predicted molar refractivity (Wildman–Crippen MR) is 71.8 cm³/mol. The van der Waals surface area contributed by atoms with Crippen LogP contribution in [0.15, 0.2) is 0 Å². The van der Waals surface area contributed by atoms with E-state index in [1.54, 1.807) is 0 Å². The van der Waals surface area contributed by atoms with E-state index in [0.717, 1.165) is 12.6 Å². The van der Waals surface area contributed by atoms with E-state index in [9.17, 15) is 0 Å². The zero-order valence-corrected chi connectivity index (χ0v) is 11.7. The van der Waals surface area contributed by atoms with E-state index < -0.39 is 0 Å². The van der Waals surface area contributed by atoms with Gasteiger partial charge in [-0.25, -0.2) is 0 Å². The third kappa shape index (κ3) is 3.21. The molecule has 0 aromatic heterocycles. The molecule has 0 radical (unpaired) electrons. The number of hydrogen-bond donors (Lipinski definition) is 1. The highest BCUT2D eigenvalue weighted by Crippen LogP contribution is 2.38. The van der Waals surface area contributed by atoms with Crippen LogP contribution >= 0.6 is 0 Å². The van der Waals surface area contributed by atoms with Crippen molar-refractivity contribution in [2.24, 2.45) is 5.41 Å². The Balaban J connectivity index is 2.46. The maximum Gasteiger partial charge on any atom is 0.0217 e. The molecule has 2 heteroatoms. The van der Waals surface area contributed by atoms with Gasteiger partial charge in [0.05, 0.1) is 0 Å². The lowest BCUT2D eigenvalue weighted by atomic mass is 9.74. The van der Waals surface area contributed by atoms with E-state index in [-0.39, 0.29) is 0 Å². The Morgan fingerprint density at radius 1 is 1.12 bits per heavy atom. The van der Waals surface area contributed by atoms with Crippen LogP contribution in [0, 0.1) is 5.41 Å². The SMILES string of the molecule is CCC(CNC)N1CCC(CC)(CC)CC1. The monoisotopic (exact) mass is 226 g/mol. The summed E-state index contributed by atoms with van der Waals surface area (Å²) in [5.41, 5.74) is 0.661. The van der Waals surface area contributed by atoms with Gasteiger partial charge in [-0.05, 0) is 44.8 Å². The van der Waals surface area contributed by atoms with Crippen molar-refractivity contribution in [1.29, 1.82) is 0 Å². The van der Waals surface area contributed by atoms with Gasteiger partial charge in [-0.15, -0.1) is 0 Å². The predicted octanol–water partition coefficient (Wildman–Crippen LogP) is 2.89. The summed E-state index contributed by atoms with van der Waals surface area (Å²) in [7, 11) is 2.06. The maximum atomic E-state index is 3.32.